The van der Waals surface area contributed by atoms with Gasteiger partial charge in [0.1, 0.15) is 18.6 Å². The normalized spacial score (nSPS) is 23.8. The molecule has 4 heterocycles. The van der Waals surface area contributed by atoms with Crippen molar-refractivity contribution in [3.05, 3.63) is 90.1 Å². The van der Waals surface area contributed by atoms with Crippen LogP contribution < -0.4 is 80.9 Å². The minimum absolute atomic E-state index is 0.0249. The predicted octanol–water partition coefficient (Wildman–Crippen LogP) is -5.83. The molecule has 2 aromatic heterocycles. The van der Waals surface area contributed by atoms with E-state index < -0.39 is 135 Å². The van der Waals surface area contributed by atoms with Gasteiger partial charge >= 0.3 is 378 Å². The van der Waals surface area contributed by atoms with Crippen LogP contribution in [0.15, 0.2) is 78.3 Å². The number of hydrogen-bond donors (Lipinski definition) is 13. The Hall–Kier alpha value is -7.25. The maximum absolute atomic E-state index is 14.7. The number of aryl methyl sites for hydroxylation is 1. The van der Waals surface area contributed by atoms with E-state index >= 15 is 0 Å². The second-order valence-corrected chi connectivity index (χ2v) is 24.0. The molecule has 6 rings (SSSR count). The molecule has 0 spiro atoms. The fourth-order valence-electron chi connectivity index (χ4n) is 8.33. The van der Waals surface area contributed by atoms with Crippen LogP contribution in [0.3, 0.4) is 0 Å². The Labute approximate surface area is 473 Å². The van der Waals surface area contributed by atoms with Gasteiger partial charge in [0.2, 0.25) is 11.8 Å². The van der Waals surface area contributed by atoms with E-state index in [4.69, 9.17) is 11.5 Å². The summed E-state index contributed by atoms with van der Waals surface area (Å²) >= 11 is -1.02. The molecule has 2 aliphatic heterocycles. The molecule has 79 heavy (non-hydrogen) atoms. The number of nitrogens with two attached hydrogens (primary N) is 2. The van der Waals surface area contributed by atoms with E-state index in [0.717, 1.165) is 43.0 Å². The number of aliphatic imine (C=N–C) groups is 1. The molecule has 9 unspecified atom stereocenters. The van der Waals surface area contributed by atoms with Crippen LogP contribution in [0.25, 0.3) is 10.9 Å². The van der Waals surface area contributed by atoms with Crippen molar-refractivity contribution in [2.75, 3.05) is 27.0 Å². The van der Waals surface area contributed by atoms with E-state index in [0.29, 0.717) is 17.7 Å². The van der Waals surface area contributed by atoms with E-state index in [9.17, 15) is 47.9 Å². The summed E-state index contributed by atoms with van der Waals surface area (Å²) in [5.41, 5.74) is 17.5. The maximum atomic E-state index is 14.7. The number of nitrogens with one attached hydrogen (secondary N) is 10. The quantitative estimate of drug-likeness (QED) is 0.00685. The van der Waals surface area contributed by atoms with Crippen LogP contribution in [-0.4, -0.2) is 160 Å². The number of amides is 11. The van der Waals surface area contributed by atoms with Gasteiger partial charge in [-0.25, -0.2) is 4.79 Å². The van der Waals surface area contributed by atoms with Crippen LogP contribution in [0.1, 0.15) is 50.4 Å². The van der Waals surface area contributed by atoms with Gasteiger partial charge in [-0.2, -0.15) is 0 Å². The molecule has 2 aliphatic rings. The molecule has 26 nitrogen and oxygen atoms in total. The van der Waals surface area contributed by atoms with E-state index in [1.165, 1.54) is 19.4 Å². The summed E-state index contributed by atoms with van der Waals surface area (Å²) in [7, 11) is 2.06. The van der Waals surface area contributed by atoms with Crippen molar-refractivity contribution in [3.8, 4) is 0 Å². The van der Waals surface area contributed by atoms with Gasteiger partial charge in [0.25, 0.3) is 5.91 Å². The number of hydrogen-bond acceptors (Lipinski definition) is 14. The van der Waals surface area contributed by atoms with Gasteiger partial charge < -0.3 is 10.6 Å². The number of fused-ring (bicyclic) bond motifs is 1. The van der Waals surface area contributed by atoms with Gasteiger partial charge in [-0.05, 0) is 5.92 Å². The van der Waals surface area contributed by atoms with Crippen LogP contribution in [0.4, 0.5) is 4.79 Å². The van der Waals surface area contributed by atoms with Crippen molar-refractivity contribution in [1.82, 2.24) is 62.4 Å². The standard InChI is InChI=1S/C50H66IN16O10S2/c1-4-26(2)40-48(76)67(50(77)66-40)21-39(68)60-38-23-79-78-22-37(41(52)69)65-43(71)33(15-14-29-19-56-32-13-9-8-12-31(29)32)61-46(74)36(18-51-24-57-49(53)54)64-44(72)34(16-28-10-6-5-7-11-28)63-45(73)35(17-30-20-55-25-58-30)62-42(70)27(3)59-47(38)75/h5-13,19-20,25-27,33-38,40,56H,4,14-18,21-24H2,1-3H3,(H2,52,69)(H,55,58)(H,59,75)(H,60,68)(H,61,74)(H,62,70)(H,63,73)(H,64,72)(H,65,71)(H,66,77)(H4,53,54,57)/q-1/p+1. The molecule has 0 saturated carbocycles. The first-order chi connectivity index (χ1) is 37.8. The fourth-order valence-corrected chi connectivity index (χ4v) is 12.8. The number of halogens is 1. The third-order valence-electron chi connectivity index (χ3n) is 13.0. The van der Waals surface area contributed by atoms with E-state index in [1.807, 2.05) is 31.2 Å². The Morgan fingerprint density at radius 3 is 2.14 bits per heavy atom. The number of benzene rings is 2. The van der Waals surface area contributed by atoms with Crippen LogP contribution in [-0.2, 0) is 62.4 Å². The zero-order chi connectivity index (χ0) is 57.2. The van der Waals surface area contributed by atoms with E-state index in [1.54, 1.807) is 43.5 Å². The topological polar surface area (TPSA) is 407 Å². The molecule has 2 aromatic carbocycles. The number of H-pyrrole nitrogens is 2. The van der Waals surface area contributed by atoms with Crippen LogP contribution in [0, 0.1) is 5.92 Å². The Kier molecular flexibility index (Phi) is 22.9. The van der Waals surface area contributed by atoms with Crippen molar-refractivity contribution >= 4 is 97.6 Å². The molecule has 17 N–H and O–H groups in total. The van der Waals surface area contributed by atoms with Crippen LogP contribution in [0.5, 0.6) is 0 Å². The summed E-state index contributed by atoms with van der Waals surface area (Å²) in [5.74, 6) is -7.72. The number of guanidine groups is 1. The monoisotopic (exact) mass is 1240 g/mol. The predicted molar refractivity (Wildman–Crippen MR) is 290 cm³/mol. The Bertz CT molecular complexity index is 2860. The number of aromatic nitrogens is 3. The molecule has 11 amide bonds. The number of carbonyl (C=O) groups excluding carboxylic acids is 10. The van der Waals surface area contributed by atoms with Crippen LogP contribution in [0.2, 0.25) is 0 Å². The zero-order valence-electron chi connectivity index (χ0n) is 43.7. The second kappa shape index (κ2) is 29.6. The van der Waals surface area contributed by atoms with Gasteiger partial charge in [-0.1, -0.05) is 20.3 Å². The minimum Gasteiger partial charge on any atom is -0.273 e. The first kappa shape index (κ1) is 61.0. The van der Waals surface area contributed by atoms with Crippen LogP contribution >= 0.6 is 21.6 Å². The molecule has 0 radical (unpaired) electrons. The summed E-state index contributed by atoms with van der Waals surface area (Å²) in [6.07, 6.45) is 5.23. The van der Waals surface area contributed by atoms with Gasteiger partial charge in [-0.3, -0.25) is 19.3 Å². The number of imide groups is 1. The van der Waals surface area contributed by atoms with Crippen molar-refractivity contribution in [1.29, 1.82) is 0 Å². The first-order valence-electron chi connectivity index (χ1n) is 25.3. The third kappa shape index (κ3) is 17.9. The fraction of sp³-hybridized carbons (Fsp3) is 0.440. The molecule has 9 atom stereocenters. The molecule has 4 aromatic rings. The van der Waals surface area contributed by atoms with Gasteiger partial charge in [-0.15, -0.1) is 0 Å². The summed E-state index contributed by atoms with van der Waals surface area (Å²) in [4.78, 5) is 154. The number of nitrogens with zero attached hydrogens (tertiary/aromatic N) is 3. The van der Waals surface area contributed by atoms with E-state index in [2.05, 4.69) is 68.2 Å². The number of para-hydroxylation sites is 1. The number of quaternary nitrogens is 1. The summed E-state index contributed by atoms with van der Waals surface area (Å²) in [6, 6.07) is 5.27. The summed E-state index contributed by atoms with van der Waals surface area (Å²) in [5, 5.41) is 22.4. The van der Waals surface area contributed by atoms with Crippen molar-refractivity contribution < 1.29 is 74.9 Å². The van der Waals surface area contributed by atoms with Gasteiger partial charge in [0.15, 0.2) is 0 Å². The third-order valence-corrected chi connectivity index (χ3v) is 17.7. The molecule has 29 heteroatoms. The average molecular weight is 1240 g/mol. The molecule has 2 saturated heterocycles. The Balaban J connectivity index is 1.34. The Morgan fingerprint density at radius 2 is 1.44 bits per heavy atom. The molecular weight excluding hydrogens is 1180 g/mol. The second-order valence-electron chi connectivity index (χ2n) is 18.8. The van der Waals surface area contributed by atoms with Crippen molar-refractivity contribution in [2.45, 2.75) is 101 Å². The number of alkyl halides is 2. The molecule has 426 valence electrons. The van der Waals surface area contributed by atoms with Crippen molar-refractivity contribution in [3.63, 3.8) is 0 Å². The van der Waals surface area contributed by atoms with E-state index in [-0.39, 0.29) is 58.0 Å². The first-order valence-corrected chi connectivity index (χ1v) is 30.8. The number of urea groups is 1. The summed E-state index contributed by atoms with van der Waals surface area (Å²) in [6.45, 7) is 4.24. The molecule has 0 aliphatic carbocycles. The van der Waals surface area contributed by atoms with Gasteiger partial charge in [0, 0.05) is 0 Å². The minimum atomic E-state index is -1.42. The number of aromatic amines is 2. The zero-order valence-corrected chi connectivity index (χ0v) is 47.5. The van der Waals surface area contributed by atoms with Gasteiger partial charge in [0.05, 0.1) is 0 Å². The molecular formula is C50H67IN16O10S2. The number of carbonyl (C=O) groups is 10. The SMILES string of the molecule is CCC(C)C1NC(=O)N(CC(=O)NC2CSSCC(C([NH3+])=O)NC(=O)C(CCc3c[nH]c4ccccc34)NC(=O)C(C[I-]CN=C(N)N)NC(=O)C(Cc3ccccc3)NC(=O)C(Cc3cnc[nH]3)NC(=O)C(C)NC2=O)C1=O. The molecule has 2 fully saturated rings. The van der Waals surface area contributed by atoms with Crippen molar-refractivity contribution in [2.24, 2.45) is 22.4 Å². The molecule has 0 bridgehead atoms. The average Bonchev–Trinajstić information content (AvgIpc) is 4.19. The smallest absolute Gasteiger partial charge is 0.273 e. The summed E-state index contributed by atoms with van der Waals surface area (Å²) < 4.78 is 0.245. The number of imidazole rings is 1. The number of rotatable bonds is 17. The Morgan fingerprint density at radius 1 is 0.797 bits per heavy atom.